The first-order chi connectivity index (χ1) is 16.8. The third kappa shape index (κ3) is 5.93. The number of rotatable bonds is 10. The number of carbonyl (C=O) groups is 2. The second kappa shape index (κ2) is 10.9. The molecule has 7 nitrogen and oxygen atoms in total. The third-order valence-electron chi connectivity index (χ3n) is 7.60. The van der Waals surface area contributed by atoms with Gasteiger partial charge in [-0.15, -0.1) is 0 Å². The average molecular weight is 500 g/mol. The number of aliphatic carboxylic acids is 2. The van der Waals surface area contributed by atoms with Gasteiger partial charge >= 0.3 is 11.9 Å². The molecule has 0 amide bonds. The predicted octanol–water partition coefficient (Wildman–Crippen LogP) is 3.81. The highest BCUT2D eigenvalue weighted by Crippen LogP contribution is 2.34. The molecule has 8 heteroatoms. The standard InChI is InChI=1S/C27H33NO6S/c29-26(30)24(20-7-1-2-8-20)15-18-5-3-9-22(13-18)35(33,34)23-10-4-6-19(14-23)16-25(27(31)32)21-11-12-28-17-21/h3-6,9-10,13-14,20-21,24-25,28H,1-2,7-8,11-12,15-17H2,(H,29,30)(H,31,32)/t21-,24-,25-/m0/s1. The maximum Gasteiger partial charge on any atom is 0.307 e. The predicted molar refractivity (Wildman–Crippen MR) is 131 cm³/mol. The minimum absolute atomic E-state index is 0.0199. The summed E-state index contributed by atoms with van der Waals surface area (Å²) in [7, 11) is -3.84. The summed E-state index contributed by atoms with van der Waals surface area (Å²) in [5.41, 5.74) is 1.37. The third-order valence-corrected chi connectivity index (χ3v) is 9.35. The average Bonchev–Trinajstić information content (AvgIpc) is 3.56. The minimum atomic E-state index is -3.84. The monoisotopic (exact) mass is 499 g/mol. The number of carboxylic acids is 2. The van der Waals surface area contributed by atoms with Crippen LogP contribution in [0.2, 0.25) is 0 Å². The van der Waals surface area contributed by atoms with Crippen molar-refractivity contribution in [2.24, 2.45) is 23.7 Å². The second-order valence-electron chi connectivity index (χ2n) is 9.89. The van der Waals surface area contributed by atoms with Gasteiger partial charge in [0, 0.05) is 0 Å². The molecule has 188 valence electrons. The van der Waals surface area contributed by atoms with Crippen LogP contribution in [0.25, 0.3) is 0 Å². The van der Waals surface area contributed by atoms with Crippen LogP contribution in [0.3, 0.4) is 0 Å². The van der Waals surface area contributed by atoms with E-state index in [9.17, 15) is 28.2 Å². The lowest BCUT2D eigenvalue weighted by atomic mass is 9.86. The molecule has 0 aromatic heterocycles. The molecular weight excluding hydrogens is 466 g/mol. The molecule has 1 aliphatic heterocycles. The molecule has 1 aliphatic carbocycles. The van der Waals surface area contributed by atoms with Crippen LogP contribution in [0.1, 0.15) is 43.2 Å². The van der Waals surface area contributed by atoms with Crippen molar-refractivity contribution in [3.63, 3.8) is 0 Å². The van der Waals surface area contributed by atoms with Crippen LogP contribution >= 0.6 is 0 Å². The fraction of sp³-hybridized carbons (Fsp3) is 0.481. The van der Waals surface area contributed by atoms with Crippen LogP contribution in [0, 0.1) is 23.7 Å². The zero-order chi connectivity index (χ0) is 25.0. The van der Waals surface area contributed by atoms with Gasteiger partial charge in [-0.25, -0.2) is 8.42 Å². The van der Waals surface area contributed by atoms with Crippen molar-refractivity contribution in [2.45, 2.75) is 54.7 Å². The van der Waals surface area contributed by atoms with Crippen molar-refractivity contribution < 1.29 is 28.2 Å². The summed E-state index contributed by atoms with van der Waals surface area (Å²) < 4.78 is 26.9. The van der Waals surface area contributed by atoms with Crippen molar-refractivity contribution >= 4 is 21.8 Å². The Labute approximate surface area is 206 Å². The lowest BCUT2D eigenvalue weighted by Gasteiger charge is -2.20. The molecule has 0 radical (unpaired) electrons. The summed E-state index contributed by atoms with van der Waals surface area (Å²) in [6.45, 7) is 1.45. The van der Waals surface area contributed by atoms with Gasteiger partial charge in [-0.1, -0.05) is 37.1 Å². The Bertz CT molecular complexity index is 1080. The Morgan fingerprint density at radius 2 is 1.34 bits per heavy atom. The smallest absolute Gasteiger partial charge is 0.307 e. The molecule has 2 aromatic rings. The Morgan fingerprint density at radius 3 is 1.80 bits per heavy atom. The lowest BCUT2D eigenvalue weighted by Crippen LogP contribution is -2.27. The van der Waals surface area contributed by atoms with Crippen LogP contribution in [-0.4, -0.2) is 43.7 Å². The Hall–Kier alpha value is -2.71. The van der Waals surface area contributed by atoms with E-state index >= 15 is 0 Å². The van der Waals surface area contributed by atoms with Crippen LogP contribution in [-0.2, 0) is 32.3 Å². The largest absolute Gasteiger partial charge is 0.481 e. The molecule has 1 heterocycles. The molecule has 0 bridgehead atoms. The van der Waals surface area contributed by atoms with Crippen molar-refractivity contribution in [2.75, 3.05) is 13.1 Å². The maximum absolute atomic E-state index is 13.4. The van der Waals surface area contributed by atoms with E-state index in [0.29, 0.717) is 24.1 Å². The number of nitrogens with one attached hydrogen (secondary N) is 1. The van der Waals surface area contributed by atoms with Crippen LogP contribution in [0.15, 0.2) is 58.3 Å². The summed E-state index contributed by atoms with van der Waals surface area (Å²) in [6, 6.07) is 13.1. The maximum atomic E-state index is 13.4. The second-order valence-corrected chi connectivity index (χ2v) is 11.8. The Kier molecular flexibility index (Phi) is 7.91. The van der Waals surface area contributed by atoms with Crippen molar-refractivity contribution in [3.8, 4) is 0 Å². The summed E-state index contributed by atoms with van der Waals surface area (Å²) >= 11 is 0. The van der Waals surface area contributed by atoms with Gasteiger partial charge in [-0.2, -0.15) is 0 Å². The SMILES string of the molecule is O=C(O)[C@@H](Cc1cccc(S(=O)(=O)c2cccc(C[C@H](C(=O)O)[C@H]3CCNC3)c2)c1)C1CCCC1. The first kappa shape index (κ1) is 25.4. The zero-order valence-corrected chi connectivity index (χ0v) is 20.5. The minimum Gasteiger partial charge on any atom is -0.481 e. The fourth-order valence-corrected chi connectivity index (χ4v) is 7.02. The first-order valence-electron chi connectivity index (χ1n) is 12.3. The van der Waals surface area contributed by atoms with E-state index in [0.717, 1.165) is 38.6 Å². The van der Waals surface area contributed by atoms with Gasteiger partial charge in [-0.3, -0.25) is 9.59 Å². The molecule has 3 N–H and O–H groups in total. The Morgan fingerprint density at radius 1 is 0.829 bits per heavy atom. The van der Waals surface area contributed by atoms with Gasteiger partial charge in [0.1, 0.15) is 0 Å². The molecule has 1 saturated heterocycles. The summed E-state index contributed by atoms with van der Waals surface area (Å²) in [6.07, 6.45) is 5.25. The first-order valence-corrected chi connectivity index (χ1v) is 13.8. The van der Waals surface area contributed by atoms with Gasteiger partial charge in [0.05, 0.1) is 21.6 Å². The molecule has 2 fully saturated rings. The van der Waals surface area contributed by atoms with E-state index in [1.54, 1.807) is 36.4 Å². The number of benzene rings is 2. The highest BCUT2D eigenvalue weighted by atomic mass is 32.2. The molecule has 0 unspecified atom stereocenters. The van der Waals surface area contributed by atoms with E-state index in [-0.39, 0.29) is 28.0 Å². The Balaban J connectivity index is 1.55. The van der Waals surface area contributed by atoms with Crippen LogP contribution < -0.4 is 5.32 Å². The van der Waals surface area contributed by atoms with E-state index < -0.39 is 33.6 Å². The van der Waals surface area contributed by atoms with Gasteiger partial charge in [0.2, 0.25) is 9.84 Å². The summed E-state index contributed by atoms with van der Waals surface area (Å²) in [5.74, 6) is -2.64. The number of hydrogen-bond acceptors (Lipinski definition) is 5. The number of hydrogen-bond donors (Lipinski definition) is 3. The molecule has 1 saturated carbocycles. The quantitative estimate of drug-likeness (QED) is 0.455. The van der Waals surface area contributed by atoms with Crippen molar-refractivity contribution in [1.82, 2.24) is 5.32 Å². The van der Waals surface area contributed by atoms with Crippen molar-refractivity contribution in [1.29, 1.82) is 0 Å². The molecule has 2 aliphatic rings. The summed E-state index contributed by atoms with van der Waals surface area (Å²) in [4.78, 5) is 24.0. The molecule has 4 rings (SSSR count). The number of sulfone groups is 1. The van der Waals surface area contributed by atoms with Gasteiger partial charge in [0.15, 0.2) is 0 Å². The normalized spacial score (nSPS) is 20.5. The zero-order valence-electron chi connectivity index (χ0n) is 19.7. The highest BCUT2D eigenvalue weighted by molar-refractivity contribution is 7.91. The van der Waals surface area contributed by atoms with Crippen molar-refractivity contribution in [3.05, 3.63) is 59.7 Å². The summed E-state index contributed by atoms with van der Waals surface area (Å²) in [5, 5.41) is 22.7. The lowest BCUT2D eigenvalue weighted by molar-refractivity contribution is -0.144. The number of carboxylic acid groups (broad SMARTS) is 2. The van der Waals surface area contributed by atoms with Crippen LogP contribution in [0.5, 0.6) is 0 Å². The van der Waals surface area contributed by atoms with E-state index in [2.05, 4.69) is 5.32 Å². The van der Waals surface area contributed by atoms with Gasteiger partial charge in [0.25, 0.3) is 0 Å². The van der Waals surface area contributed by atoms with E-state index in [4.69, 9.17) is 0 Å². The molecule has 2 aromatic carbocycles. The van der Waals surface area contributed by atoms with Gasteiger partial charge in [-0.05, 0) is 92.4 Å². The molecule has 0 spiro atoms. The highest BCUT2D eigenvalue weighted by Gasteiger charge is 2.32. The fourth-order valence-electron chi connectivity index (χ4n) is 5.61. The van der Waals surface area contributed by atoms with E-state index in [1.807, 2.05) is 0 Å². The van der Waals surface area contributed by atoms with Crippen LogP contribution in [0.4, 0.5) is 0 Å². The molecular formula is C27H33NO6S. The topological polar surface area (TPSA) is 121 Å². The molecule has 3 atom stereocenters. The van der Waals surface area contributed by atoms with E-state index in [1.165, 1.54) is 12.1 Å². The van der Waals surface area contributed by atoms with Gasteiger partial charge < -0.3 is 15.5 Å². The molecule has 35 heavy (non-hydrogen) atoms.